The number of nitrogens with zero attached hydrogens (tertiary/aromatic N) is 2. The van der Waals surface area contributed by atoms with Crippen molar-refractivity contribution in [2.45, 2.75) is 25.9 Å². The summed E-state index contributed by atoms with van der Waals surface area (Å²) in [6.07, 6.45) is 4.07. The lowest BCUT2D eigenvalue weighted by molar-refractivity contribution is 0.0972. The van der Waals surface area contributed by atoms with E-state index in [1.54, 1.807) is 12.3 Å². The van der Waals surface area contributed by atoms with E-state index in [4.69, 9.17) is 10.00 Å². The van der Waals surface area contributed by atoms with E-state index in [2.05, 4.69) is 4.98 Å². The predicted molar refractivity (Wildman–Crippen MR) is 77.0 cm³/mol. The number of fused-ring (bicyclic) bond motifs is 1. The van der Waals surface area contributed by atoms with Crippen LogP contribution in [-0.2, 0) is 13.0 Å². The Labute approximate surface area is 123 Å². The van der Waals surface area contributed by atoms with Crippen LogP contribution in [0.25, 0.3) is 0 Å². The number of hydrogen-bond acceptors (Lipinski definition) is 4. The molecule has 4 nitrogen and oxygen atoms in total. The van der Waals surface area contributed by atoms with Crippen LogP contribution in [0.3, 0.4) is 0 Å². The van der Waals surface area contributed by atoms with Gasteiger partial charge in [0.25, 0.3) is 0 Å². The quantitative estimate of drug-likeness (QED) is 0.865. The molecule has 1 aliphatic carbocycles. The molecule has 0 unspecified atom stereocenters. The van der Waals surface area contributed by atoms with E-state index in [1.807, 2.05) is 30.3 Å². The SMILES string of the molecule is N#Cc1cc(COc2ccc3c(c2)CCCC3=O)ccn1. The van der Waals surface area contributed by atoms with E-state index < -0.39 is 0 Å². The molecule has 0 saturated carbocycles. The van der Waals surface area contributed by atoms with Crippen molar-refractivity contribution in [2.75, 3.05) is 0 Å². The van der Waals surface area contributed by atoms with Gasteiger partial charge in [-0.1, -0.05) is 0 Å². The molecule has 21 heavy (non-hydrogen) atoms. The van der Waals surface area contributed by atoms with Crippen molar-refractivity contribution in [3.63, 3.8) is 0 Å². The lowest BCUT2D eigenvalue weighted by Crippen LogP contribution is -2.10. The maximum atomic E-state index is 11.8. The Hall–Kier alpha value is -2.67. The van der Waals surface area contributed by atoms with Gasteiger partial charge in [0, 0.05) is 18.2 Å². The average molecular weight is 278 g/mol. The zero-order chi connectivity index (χ0) is 14.7. The fraction of sp³-hybridized carbons (Fsp3) is 0.235. The van der Waals surface area contributed by atoms with Crippen molar-refractivity contribution in [3.05, 3.63) is 58.9 Å². The van der Waals surface area contributed by atoms with Crippen LogP contribution in [0.2, 0.25) is 0 Å². The number of aryl methyl sites for hydroxylation is 1. The lowest BCUT2D eigenvalue weighted by Gasteiger charge is -2.16. The molecule has 0 saturated heterocycles. The van der Waals surface area contributed by atoms with E-state index in [-0.39, 0.29) is 5.78 Å². The van der Waals surface area contributed by atoms with Gasteiger partial charge in [-0.2, -0.15) is 5.26 Å². The summed E-state index contributed by atoms with van der Waals surface area (Å²) in [7, 11) is 0. The molecule has 0 spiro atoms. The molecule has 0 N–H and O–H groups in total. The zero-order valence-corrected chi connectivity index (χ0v) is 11.5. The molecular formula is C17H14N2O2. The minimum atomic E-state index is 0.218. The van der Waals surface area contributed by atoms with Crippen molar-refractivity contribution < 1.29 is 9.53 Å². The standard InChI is InChI=1S/C17H14N2O2/c18-10-14-8-12(6-7-19-14)11-21-15-4-5-16-13(9-15)2-1-3-17(16)20/h4-9H,1-3,11H2. The van der Waals surface area contributed by atoms with Gasteiger partial charge in [-0.05, 0) is 54.3 Å². The topological polar surface area (TPSA) is 63.0 Å². The number of pyridine rings is 1. The molecule has 1 aromatic heterocycles. The number of rotatable bonds is 3. The van der Waals surface area contributed by atoms with Crippen LogP contribution in [0.1, 0.15) is 40.0 Å². The largest absolute Gasteiger partial charge is 0.489 e. The van der Waals surface area contributed by atoms with Gasteiger partial charge >= 0.3 is 0 Å². The third kappa shape index (κ3) is 2.92. The van der Waals surface area contributed by atoms with Gasteiger partial charge in [-0.25, -0.2) is 4.98 Å². The second-order valence-corrected chi connectivity index (χ2v) is 5.05. The maximum absolute atomic E-state index is 11.8. The summed E-state index contributed by atoms with van der Waals surface area (Å²) in [5.74, 6) is 0.967. The number of ketones is 1. The monoisotopic (exact) mass is 278 g/mol. The highest BCUT2D eigenvalue weighted by molar-refractivity contribution is 5.98. The van der Waals surface area contributed by atoms with Gasteiger partial charge < -0.3 is 4.74 Å². The number of Topliss-reactive ketones (excluding diaryl/α,β-unsaturated/α-hetero) is 1. The molecule has 0 amide bonds. The van der Waals surface area contributed by atoms with Crippen LogP contribution in [-0.4, -0.2) is 10.8 Å². The minimum absolute atomic E-state index is 0.218. The number of nitriles is 1. The van der Waals surface area contributed by atoms with Crippen LogP contribution >= 0.6 is 0 Å². The second kappa shape index (κ2) is 5.76. The van der Waals surface area contributed by atoms with E-state index in [9.17, 15) is 4.79 Å². The minimum Gasteiger partial charge on any atom is -0.489 e. The number of carbonyl (C=O) groups is 1. The molecule has 0 radical (unpaired) electrons. The smallest absolute Gasteiger partial charge is 0.163 e. The Morgan fingerprint density at radius 2 is 2.14 bits per heavy atom. The summed E-state index contributed by atoms with van der Waals surface area (Å²) in [6.45, 7) is 0.379. The Morgan fingerprint density at radius 3 is 3.00 bits per heavy atom. The molecule has 0 atom stereocenters. The highest BCUT2D eigenvalue weighted by Crippen LogP contribution is 2.25. The van der Waals surface area contributed by atoms with E-state index >= 15 is 0 Å². The maximum Gasteiger partial charge on any atom is 0.163 e. The summed E-state index contributed by atoms with van der Waals surface area (Å²) in [6, 6.07) is 11.2. The third-order valence-corrected chi connectivity index (χ3v) is 3.57. The Morgan fingerprint density at radius 1 is 1.24 bits per heavy atom. The van der Waals surface area contributed by atoms with Crippen LogP contribution < -0.4 is 4.74 Å². The number of hydrogen-bond donors (Lipinski definition) is 0. The molecule has 0 fully saturated rings. The van der Waals surface area contributed by atoms with E-state index in [0.717, 1.165) is 35.3 Å². The van der Waals surface area contributed by atoms with E-state index in [0.29, 0.717) is 18.7 Å². The fourth-order valence-electron chi connectivity index (χ4n) is 2.50. The van der Waals surface area contributed by atoms with Crippen molar-refractivity contribution >= 4 is 5.78 Å². The van der Waals surface area contributed by atoms with Crippen molar-refractivity contribution in [1.82, 2.24) is 4.98 Å². The Kier molecular flexibility index (Phi) is 3.65. The highest BCUT2D eigenvalue weighted by atomic mass is 16.5. The van der Waals surface area contributed by atoms with Gasteiger partial charge in [-0.15, -0.1) is 0 Å². The summed E-state index contributed by atoms with van der Waals surface area (Å²) in [5, 5.41) is 8.82. The van der Waals surface area contributed by atoms with Gasteiger partial charge in [0.1, 0.15) is 24.1 Å². The van der Waals surface area contributed by atoms with Crippen molar-refractivity contribution in [3.8, 4) is 11.8 Å². The summed E-state index contributed by atoms with van der Waals surface area (Å²) in [4.78, 5) is 15.7. The third-order valence-electron chi connectivity index (χ3n) is 3.57. The van der Waals surface area contributed by atoms with Gasteiger partial charge in [0.2, 0.25) is 0 Å². The first-order chi connectivity index (χ1) is 10.3. The normalized spacial score (nSPS) is 13.4. The first kappa shape index (κ1) is 13.3. The number of ether oxygens (including phenoxy) is 1. The molecule has 3 rings (SSSR count). The highest BCUT2D eigenvalue weighted by Gasteiger charge is 2.17. The van der Waals surface area contributed by atoms with E-state index in [1.165, 1.54) is 0 Å². The molecule has 2 aromatic rings. The molecular weight excluding hydrogens is 264 g/mol. The first-order valence-corrected chi connectivity index (χ1v) is 6.90. The summed E-state index contributed by atoms with van der Waals surface area (Å²) in [5.41, 5.74) is 3.17. The lowest BCUT2D eigenvalue weighted by atomic mass is 9.90. The summed E-state index contributed by atoms with van der Waals surface area (Å²) < 4.78 is 5.74. The fourth-order valence-corrected chi connectivity index (χ4v) is 2.50. The predicted octanol–water partition coefficient (Wildman–Crippen LogP) is 3.05. The molecule has 1 aromatic carbocycles. The molecule has 1 aliphatic rings. The molecule has 0 aliphatic heterocycles. The number of benzene rings is 1. The second-order valence-electron chi connectivity index (χ2n) is 5.05. The van der Waals surface area contributed by atoms with Crippen molar-refractivity contribution in [2.24, 2.45) is 0 Å². The van der Waals surface area contributed by atoms with Crippen LogP contribution in [0.15, 0.2) is 36.5 Å². The number of carbonyl (C=O) groups excluding carboxylic acids is 1. The van der Waals surface area contributed by atoms with Crippen LogP contribution in [0.5, 0.6) is 5.75 Å². The van der Waals surface area contributed by atoms with Gasteiger partial charge in [0.15, 0.2) is 5.78 Å². The molecule has 0 bridgehead atoms. The number of aromatic nitrogens is 1. The average Bonchev–Trinajstić information content (AvgIpc) is 2.53. The molecule has 1 heterocycles. The van der Waals surface area contributed by atoms with Crippen LogP contribution in [0.4, 0.5) is 0 Å². The van der Waals surface area contributed by atoms with Gasteiger partial charge in [0.05, 0.1) is 0 Å². The van der Waals surface area contributed by atoms with Crippen LogP contribution in [0, 0.1) is 11.3 Å². The summed E-state index contributed by atoms with van der Waals surface area (Å²) >= 11 is 0. The van der Waals surface area contributed by atoms with Gasteiger partial charge in [-0.3, -0.25) is 4.79 Å². The molecule has 104 valence electrons. The Bertz CT molecular complexity index is 732. The Balaban J connectivity index is 1.74. The first-order valence-electron chi connectivity index (χ1n) is 6.90. The molecule has 4 heteroatoms. The zero-order valence-electron chi connectivity index (χ0n) is 11.5. The van der Waals surface area contributed by atoms with Crippen molar-refractivity contribution in [1.29, 1.82) is 5.26 Å².